The van der Waals surface area contributed by atoms with E-state index >= 15 is 0 Å². The fourth-order valence-corrected chi connectivity index (χ4v) is 2.66. The lowest BCUT2D eigenvalue weighted by atomic mass is 10.2. The molecule has 0 amide bonds. The predicted octanol–water partition coefficient (Wildman–Crippen LogP) is 3.80. The number of amidine groups is 1. The molecule has 25 heavy (non-hydrogen) atoms. The molecule has 2 aromatic carbocycles. The van der Waals surface area contributed by atoms with Gasteiger partial charge in [0, 0.05) is 17.5 Å². The van der Waals surface area contributed by atoms with Gasteiger partial charge < -0.3 is 0 Å². The number of carbonyl (C=O) groups excluding carboxylic acids is 1. The lowest BCUT2D eigenvalue weighted by molar-refractivity contribution is -0.111. The van der Waals surface area contributed by atoms with Crippen LogP contribution in [0.2, 0.25) is 5.02 Å². The average Bonchev–Trinajstić information content (AvgIpc) is 3.06. The highest BCUT2D eigenvalue weighted by Crippen LogP contribution is 2.30. The number of hydrogen-bond acceptors (Lipinski definition) is 5. The number of rotatable bonds is 3. The number of ketones is 1. The highest BCUT2D eigenvalue weighted by molar-refractivity contribution is 6.41. The molecule has 124 valence electrons. The minimum absolute atomic E-state index is 0.167. The Morgan fingerprint density at radius 3 is 2.48 bits per heavy atom. The second-order valence-electron chi connectivity index (χ2n) is 5.57. The highest BCUT2D eigenvalue weighted by Gasteiger charge is 2.25. The maximum Gasteiger partial charge on any atom is 0.251 e. The Kier molecular flexibility index (Phi) is 3.74. The van der Waals surface area contributed by atoms with Crippen LogP contribution in [0.1, 0.15) is 6.92 Å². The SMILES string of the molecule is CC(=O)C1=NN(c2ccc(Cl)cc2)c2nc(-c3ccccc3)cn2N1. The van der Waals surface area contributed by atoms with Crippen LogP contribution in [0.25, 0.3) is 11.3 Å². The van der Waals surface area contributed by atoms with E-state index in [-0.39, 0.29) is 11.6 Å². The summed E-state index contributed by atoms with van der Waals surface area (Å²) in [5, 5.41) is 6.64. The van der Waals surface area contributed by atoms with E-state index in [4.69, 9.17) is 11.6 Å². The smallest absolute Gasteiger partial charge is 0.251 e. The zero-order valence-electron chi connectivity index (χ0n) is 13.3. The summed E-state index contributed by atoms with van der Waals surface area (Å²) in [5.74, 6) is 0.630. The van der Waals surface area contributed by atoms with Gasteiger partial charge in [-0.3, -0.25) is 10.2 Å². The molecule has 0 unspecified atom stereocenters. The lowest BCUT2D eigenvalue weighted by Gasteiger charge is -2.25. The number of benzene rings is 2. The van der Waals surface area contributed by atoms with Crippen LogP contribution in [-0.4, -0.2) is 21.3 Å². The van der Waals surface area contributed by atoms with Gasteiger partial charge in [0.05, 0.1) is 17.6 Å². The molecular weight excluding hydrogens is 338 g/mol. The molecule has 7 heteroatoms. The molecule has 0 saturated carbocycles. The van der Waals surface area contributed by atoms with Gasteiger partial charge in [-0.05, 0) is 24.3 Å². The number of nitrogens with one attached hydrogen (secondary N) is 1. The van der Waals surface area contributed by atoms with Gasteiger partial charge in [0.2, 0.25) is 5.84 Å². The zero-order valence-corrected chi connectivity index (χ0v) is 14.1. The third-order valence-corrected chi connectivity index (χ3v) is 4.03. The van der Waals surface area contributed by atoms with Crippen molar-refractivity contribution in [3.63, 3.8) is 0 Å². The number of halogens is 1. The third kappa shape index (κ3) is 2.88. The van der Waals surface area contributed by atoms with Crippen molar-refractivity contribution in [2.24, 2.45) is 5.10 Å². The number of hydrazone groups is 1. The average molecular weight is 352 g/mol. The molecule has 1 aliphatic heterocycles. The highest BCUT2D eigenvalue weighted by atomic mass is 35.5. The number of fused-ring (bicyclic) bond motifs is 1. The molecule has 0 fully saturated rings. The van der Waals surface area contributed by atoms with Crippen molar-refractivity contribution in [1.29, 1.82) is 0 Å². The van der Waals surface area contributed by atoms with Crippen LogP contribution in [-0.2, 0) is 4.79 Å². The van der Waals surface area contributed by atoms with E-state index in [1.54, 1.807) is 21.8 Å². The van der Waals surface area contributed by atoms with Gasteiger partial charge >= 0.3 is 0 Å². The molecule has 6 nitrogen and oxygen atoms in total. The Morgan fingerprint density at radius 1 is 1.08 bits per heavy atom. The number of aromatic nitrogens is 2. The Balaban J connectivity index is 1.82. The normalized spacial score (nSPS) is 13.0. The minimum atomic E-state index is -0.167. The molecule has 0 bridgehead atoms. The van der Waals surface area contributed by atoms with Gasteiger partial charge in [0.25, 0.3) is 5.95 Å². The maximum atomic E-state index is 11.8. The summed E-state index contributed by atoms with van der Waals surface area (Å²) in [4.78, 5) is 16.5. The van der Waals surface area contributed by atoms with Gasteiger partial charge in [-0.1, -0.05) is 41.9 Å². The summed E-state index contributed by atoms with van der Waals surface area (Å²) >= 11 is 5.97. The zero-order chi connectivity index (χ0) is 17.4. The Bertz CT molecular complexity index is 963. The fourth-order valence-electron chi connectivity index (χ4n) is 2.54. The van der Waals surface area contributed by atoms with Crippen LogP contribution in [0, 0.1) is 0 Å². The maximum absolute atomic E-state index is 11.8. The third-order valence-electron chi connectivity index (χ3n) is 3.78. The molecule has 0 radical (unpaired) electrons. The molecule has 1 N–H and O–H groups in total. The van der Waals surface area contributed by atoms with Crippen molar-refractivity contribution in [3.8, 4) is 11.3 Å². The summed E-state index contributed by atoms with van der Waals surface area (Å²) < 4.78 is 1.70. The first-order valence-electron chi connectivity index (χ1n) is 7.69. The van der Waals surface area contributed by atoms with Crippen molar-refractivity contribution in [2.45, 2.75) is 6.92 Å². The topological polar surface area (TPSA) is 62.5 Å². The summed E-state index contributed by atoms with van der Waals surface area (Å²) in [6.07, 6.45) is 1.84. The van der Waals surface area contributed by atoms with E-state index in [0.29, 0.717) is 11.0 Å². The van der Waals surface area contributed by atoms with Gasteiger partial charge in [0.1, 0.15) is 0 Å². The summed E-state index contributed by atoms with van der Waals surface area (Å²) in [6.45, 7) is 1.46. The summed E-state index contributed by atoms with van der Waals surface area (Å²) in [6, 6.07) is 17.0. The van der Waals surface area contributed by atoms with E-state index in [0.717, 1.165) is 16.9 Å². The number of nitrogens with zero attached hydrogens (tertiary/aromatic N) is 4. The first-order chi connectivity index (χ1) is 12.1. The largest absolute Gasteiger partial charge is 0.291 e. The number of hydrogen-bond donors (Lipinski definition) is 1. The number of Topliss-reactive ketones (excluding diaryl/α,β-unsaturated/α-hetero) is 1. The van der Waals surface area contributed by atoms with Crippen LogP contribution >= 0.6 is 11.6 Å². The number of anilines is 2. The van der Waals surface area contributed by atoms with E-state index in [1.165, 1.54) is 6.92 Å². The Hall–Kier alpha value is -3.12. The number of carbonyl (C=O) groups is 1. The number of imidazole rings is 1. The standard InChI is InChI=1S/C18H14ClN5O/c1-12(25)17-21-23-11-16(13-5-3-2-4-6-13)20-18(23)24(22-17)15-9-7-14(19)8-10-15/h2-11H,1H3,(H,21,22). The van der Waals surface area contributed by atoms with Crippen LogP contribution in [0.4, 0.5) is 11.6 Å². The quantitative estimate of drug-likeness (QED) is 0.779. The molecule has 0 spiro atoms. The molecule has 1 aliphatic rings. The van der Waals surface area contributed by atoms with Crippen LogP contribution in [0.3, 0.4) is 0 Å². The van der Waals surface area contributed by atoms with Crippen LogP contribution in [0.15, 0.2) is 65.9 Å². The first-order valence-corrected chi connectivity index (χ1v) is 8.07. The van der Waals surface area contributed by atoms with Gasteiger partial charge in [-0.15, -0.1) is 5.10 Å². The van der Waals surface area contributed by atoms with Crippen molar-refractivity contribution < 1.29 is 4.79 Å². The van der Waals surface area contributed by atoms with Crippen LogP contribution in [0.5, 0.6) is 0 Å². The van der Waals surface area contributed by atoms with Crippen molar-refractivity contribution in [1.82, 2.24) is 9.66 Å². The summed E-state index contributed by atoms with van der Waals surface area (Å²) in [5.41, 5.74) is 5.50. The summed E-state index contributed by atoms with van der Waals surface area (Å²) in [7, 11) is 0. The van der Waals surface area contributed by atoms with Crippen molar-refractivity contribution in [2.75, 3.05) is 10.4 Å². The fraction of sp³-hybridized carbons (Fsp3) is 0.0556. The van der Waals surface area contributed by atoms with Crippen molar-refractivity contribution in [3.05, 3.63) is 65.8 Å². The van der Waals surface area contributed by atoms with Gasteiger partial charge in [-0.2, -0.15) is 5.01 Å². The molecule has 0 saturated heterocycles. The second kappa shape index (κ2) is 6.07. The molecule has 0 aliphatic carbocycles. The van der Waals surface area contributed by atoms with E-state index in [1.807, 2.05) is 48.7 Å². The minimum Gasteiger partial charge on any atom is -0.291 e. The molecule has 4 rings (SSSR count). The van der Waals surface area contributed by atoms with Gasteiger partial charge in [0.15, 0.2) is 5.78 Å². The Morgan fingerprint density at radius 2 is 1.80 bits per heavy atom. The van der Waals surface area contributed by atoms with E-state index in [9.17, 15) is 4.79 Å². The first kappa shape index (κ1) is 15.4. The van der Waals surface area contributed by atoms with E-state index < -0.39 is 0 Å². The van der Waals surface area contributed by atoms with Crippen LogP contribution < -0.4 is 10.4 Å². The monoisotopic (exact) mass is 351 g/mol. The Labute approximate surface area is 149 Å². The predicted molar refractivity (Wildman–Crippen MR) is 98.7 cm³/mol. The molecular formula is C18H14ClN5O. The molecule has 0 atom stereocenters. The molecule has 2 heterocycles. The van der Waals surface area contributed by atoms with Crippen molar-refractivity contribution >= 4 is 34.9 Å². The lowest BCUT2D eigenvalue weighted by Crippen LogP contribution is -2.37. The second-order valence-corrected chi connectivity index (χ2v) is 6.00. The molecule has 3 aromatic rings. The van der Waals surface area contributed by atoms with Gasteiger partial charge in [-0.25, -0.2) is 9.66 Å². The molecule has 1 aromatic heterocycles. The van der Waals surface area contributed by atoms with E-state index in [2.05, 4.69) is 15.5 Å².